The van der Waals surface area contributed by atoms with Crippen molar-refractivity contribution in [2.45, 2.75) is 6.92 Å². The SMILES string of the molecule is CCOC(=O)c1c(-c2ccc(OC)cc2)c(C#N)c2c(C#N)c(N)nn2c1N. The number of hydrogen-bond donors (Lipinski definition) is 2. The molecule has 0 fully saturated rings. The van der Waals surface area contributed by atoms with E-state index in [-0.39, 0.29) is 46.0 Å². The van der Waals surface area contributed by atoms with Gasteiger partial charge in [0.2, 0.25) is 0 Å². The van der Waals surface area contributed by atoms with Gasteiger partial charge in [-0.2, -0.15) is 10.5 Å². The number of nitrogens with two attached hydrogens (primary N) is 2. The minimum Gasteiger partial charge on any atom is -0.497 e. The highest BCUT2D eigenvalue weighted by Gasteiger charge is 2.28. The van der Waals surface area contributed by atoms with E-state index >= 15 is 0 Å². The van der Waals surface area contributed by atoms with Crippen LogP contribution in [0.15, 0.2) is 24.3 Å². The number of nitrogen functional groups attached to an aromatic ring is 2. The Morgan fingerprint density at radius 2 is 1.82 bits per heavy atom. The summed E-state index contributed by atoms with van der Waals surface area (Å²) in [7, 11) is 1.53. The predicted octanol–water partition coefficient (Wildman–Crippen LogP) is 2.09. The predicted molar refractivity (Wildman–Crippen MR) is 101 cm³/mol. The lowest BCUT2D eigenvalue weighted by Gasteiger charge is -2.16. The van der Waals surface area contributed by atoms with E-state index < -0.39 is 5.97 Å². The lowest BCUT2D eigenvalue weighted by atomic mass is 9.94. The van der Waals surface area contributed by atoms with Crippen LogP contribution in [0, 0.1) is 22.7 Å². The molecule has 0 atom stereocenters. The molecule has 3 rings (SSSR count). The molecule has 0 aliphatic rings. The lowest BCUT2D eigenvalue weighted by Crippen LogP contribution is -2.15. The van der Waals surface area contributed by atoms with Crippen molar-refractivity contribution in [1.29, 1.82) is 10.5 Å². The first-order valence-corrected chi connectivity index (χ1v) is 8.23. The van der Waals surface area contributed by atoms with Gasteiger partial charge in [-0.05, 0) is 24.6 Å². The Morgan fingerprint density at radius 3 is 2.36 bits per heavy atom. The Hall–Kier alpha value is -4.24. The van der Waals surface area contributed by atoms with E-state index in [1.54, 1.807) is 31.2 Å². The molecule has 0 aliphatic heterocycles. The van der Waals surface area contributed by atoms with E-state index in [2.05, 4.69) is 11.2 Å². The van der Waals surface area contributed by atoms with Gasteiger partial charge in [0.25, 0.3) is 0 Å². The molecule has 0 spiro atoms. The molecule has 3 aromatic rings. The molecule has 0 amide bonds. The van der Waals surface area contributed by atoms with Crippen LogP contribution in [0.25, 0.3) is 16.6 Å². The van der Waals surface area contributed by atoms with Crippen molar-refractivity contribution in [2.24, 2.45) is 0 Å². The van der Waals surface area contributed by atoms with Crippen molar-refractivity contribution >= 4 is 23.1 Å². The van der Waals surface area contributed by atoms with Gasteiger partial charge < -0.3 is 20.9 Å². The number of benzene rings is 1. The van der Waals surface area contributed by atoms with E-state index in [9.17, 15) is 15.3 Å². The summed E-state index contributed by atoms with van der Waals surface area (Å²) < 4.78 is 11.4. The molecule has 2 aromatic heterocycles. The summed E-state index contributed by atoms with van der Waals surface area (Å²) in [4.78, 5) is 12.7. The molecule has 0 aliphatic carbocycles. The molecule has 140 valence electrons. The molecule has 0 radical (unpaired) electrons. The number of ether oxygens (including phenoxy) is 2. The Labute approximate surface area is 160 Å². The van der Waals surface area contributed by atoms with E-state index in [1.807, 2.05) is 6.07 Å². The van der Waals surface area contributed by atoms with E-state index in [4.69, 9.17) is 20.9 Å². The standard InChI is InChI=1S/C19H16N6O3/c1-3-28-19(26)15-14(10-4-6-11(27-2)7-5-10)12(8-20)16-13(9-21)17(22)24-25(16)18(15)23/h4-7H,3,23H2,1-2H3,(H2,22,24). The number of nitriles is 2. The van der Waals surface area contributed by atoms with Crippen molar-refractivity contribution in [1.82, 2.24) is 9.61 Å². The molecule has 9 nitrogen and oxygen atoms in total. The summed E-state index contributed by atoms with van der Waals surface area (Å²) >= 11 is 0. The first kappa shape index (κ1) is 18.5. The van der Waals surface area contributed by atoms with Gasteiger partial charge in [0.05, 0.1) is 19.3 Å². The third kappa shape index (κ3) is 2.72. The second-order valence-corrected chi connectivity index (χ2v) is 5.70. The Balaban J connectivity index is 2.51. The van der Waals surface area contributed by atoms with E-state index in [1.165, 1.54) is 7.11 Å². The van der Waals surface area contributed by atoms with Crippen LogP contribution >= 0.6 is 0 Å². The van der Waals surface area contributed by atoms with Gasteiger partial charge in [0, 0.05) is 5.56 Å². The van der Waals surface area contributed by atoms with E-state index in [0.29, 0.717) is 11.3 Å². The smallest absolute Gasteiger partial charge is 0.342 e. The molecule has 0 bridgehead atoms. The number of fused-ring (bicyclic) bond motifs is 1. The minimum absolute atomic E-state index is 0.00780. The van der Waals surface area contributed by atoms with Crippen molar-refractivity contribution in [3.8, 4) is 29.0 Å². The minimum atomic E-state index is -0.711. The number of esters is 1. The van der Waals surface area contributed by atoms with Crippen LogP contribution in [-0.2, 0) is 4.74 Å². The second-order valence-electron chi connectivity index (χ2n) is 5.70. The highest BCUT2D eigenvalue weighted by atomic mass is 16.5. The van der Waals surface area contributed by atoms with E-state index in [0.717, 1.165) is 4.52 Å². The monoisotopic (exact) mass is 376 g/mol. The Morgan fingerprint density at radius 1 is 1.18 bits per heavy atom. The lowest BCUT2D eigenvalue weighted by molar-refractivity contribution is 0.0528. The largest absolute Gasteiger partial charge is 0.497 e. The fourth-order valence-electron chi connectivity index (χ4n) is 2.99. The summed E-state index contributed by atoms with van der Waals surface area (Å²) in [6, 6.07) is 10.7. The topological polar surface area (TPSA) is 152 Å². The number of carbonyl (C=O) groups excluding carboxylic acids is 1. The van der Waals surface area contributed by atoms with Gasteiger partial charge in [0.15, 0.2) is 5.82 Å². The first-order chi connectivity index (χ1) is 13.5. The number of rotatable bonds is 4. The van der Waals surface area contributed by atoms with Crippen LogP contribution < -0.4 is 16.2 Å². The van der Waals surface area contributed by atoms with Crippen LogP contribution in [-0.4, -0.2) is 29.3 Å². The van der Waals surface area contributed by atoms with Crippen molar-refractivity contribution in [3.05, 3.63) is 41.0 Å². The summed E-state index contributed by atoms with van der Waals surface area (Å²) in [6.45, 7) is 1.77. The van der Waals surface area contributed by atoms with Crippen LogP contribution in [0.1, 0.15) is 28.4 Å². The van der Waals surface area contributed by atoms with Crippen LogP contribution in [0.4, 0.5) is 11.6 Å². The maximum absolute atomic E-state index is 12.7. The second kappa shape index (κ2) is 7.17. The normalized spacial score (nSPS) is 10.3. The third-order valence-corrected chi connectivity index (χ3v) is 4.22. The van der Waals surface area contributed by atoms with Gasteiger partial charge >= 0.3 is 5.97 Å². The van der Waals surface area contributed by atoms with Crippen molar-refractivity contribution < 1.29 is 14.3 Å². The summed E-state index contributed by atoms with van der Waals surface area (Å²) in [5.74, 6) is -0.282. The van der Waals surface area contributed by atoms with Crippen LogP contribution in [0.2, 0.25) is 0 Å². The van der Waals surface area contributed by atoms with Gasteiger partial charge in [-0.3, -0.25) is 0 Å². The molecular weight excluding hydrogens is 360 g/mol. The first-order valence-electron chi connectivity index (χ1n) is 8.23. The van der Waals surface area contributed by atoms with Gasteiger partial charge in [-0.1, -0.05) is 12.1 Å². The number of aromatic nitrogens is 2. The molecule has 0 saturated heterocycles. The number of methoxy groups -OCH3 is 1. The molecule has 0 unspecified atom stereocenters. The number of pyridine rings is 1. The highest BCUT2D eigenvalue weighted by molar-refractivity contribution is 6.06. The number of carbonyl (C=O) groups is 1. The molecule has 1 aromatic carbocycles. The average molecular weight is 376 g/mol. The van der Waals surface area contributed by atoms with Gasteiger partial charge in [-0.25, -0.2) is 9.31 Å². The number of hydrogen-bond acceptors (Lipinski definition) is 8. The zero-order chi connectivity index (χ0) is 20.4. The average Bonchev–Trinajstić information content (AvgIpc) is 3.04. The van der Waals surface area contributed by atoms with Crippen LogP contribution in [0.5, 0.6) is 5.75 Å². The fourth-order valence-corrected chi connectivity index (χ4v) is 2.99. The Bertz CT molecular complexity index is 1170. The zero-order valence-corrected chi connectivity index (χ0v) is 15.2. The summed E-state index contributed by atoms with van der Waals surface area (Å²) in [6.07, 6.45) is 0. The molecule has 28 heavy (non-hydrogen) atoms. The zero-order valence-electron chi connectivity index (χ0n) is 15.2. The maximum atomic E-state index is 12.7. The number of anilines is 2. The van der Waals surface area contributed by atoms with Gasteiger partial charge in [0.1, 0.15) is 40.3 Å². The summed E-state index contributed by atoms with van der Waals surface area (Å²) in [5, 5.41) is 23.4. The molecular formula is C19H16N6O3. The highest BCUT2D eigenvalue weighted by Crippen LogP contribution is 2.37. The number of nitrogens with zero attached hydrogens (tertiary/aromatic N) is 4. The molecule has 9 heteroatoms. The van der Waals surface area contributed by atoms with Gasteiger partial charge in [-0.15, -0.1) is 5.10 Å². The van der Waals surface area contributed by atoms with Crippen molar-refractivity contribution in [2.75, 3.05) is 25.2 Å². The maximum Gasteiger partial charge on any atom is 0.342 e. The summed E-state index contributed by atoms with van der Waals surface area (Å²) in [5.41, 5.74) is 13.0. The third-order valence-electron chi connectivity index (χ3n) is 4.22. The fraction of sp³-hybridized carbons (Fsp3) is 0.158. The quantitative estimate of drug-likeness (QED) is 0.656. The molecule has 0 saturated carbocycles. The van der Waals surface area contributed by atoms with Crippen molar-refractivity contribution in [3.63, 3.8) is 0 Å². The molecule has 4 N–H and O–H groups in total. The Kier molecular flexibility index (Phi) is 4.75. The molecule has 2 heterocycles. The van der Waals surface area contributed by atoms with Crippen LogP contribution in [0.3, 0.4) is 0 Å².